The average Bonchev–Trinajstić information content (AvgIpc) is 2.66. The van der Waals surface area contributed by atoms with Crippen molar-refractivity contribution < 1.29 is 14.3 Å². The van der Waals surface area contributed by atoms with E-state index in [1.165, 1.54) is 51.4 Å². The highest BCUT2D eigenvalue weighted by Crippen LogP contribution is 2.41. The van der Waals surface area contributed by atoms with Crippen LogP contribution in [0.1, 0.15) is 104 Å². The van der Waals surface area contributed by atoms with Gasteiger partial charge in [0.2, 0.25) is 0 Å². The van der Waals surface area contributed by atoms with Crippen LogP contribution in [-0.2, 0) is 14.3 Å². The summed E-state index contributed by atoms with van der Waals surface area (Å²) in [6.07, 6.45) is 16.2. The van der Waals surface area contributed by atoms with Crippen LogP contribution in [0.15, 0.2) is 0 Å². The van der Waals surface area contributed by atoms with Crippen LogP contribution >= 0.6 is 0 Å². The maximum Gasteiger partial charge on any atom is 0.316 e. The van der Waals surface area contributed by atoms with Crippen molar-refractivity contribution >= 4 is 11.8 Å². The predicted molar refractivity (Wildman–Crippen MR) is 106 cm³/mol. The maximum atomic E-state index is 12.5. The van der Waals surface area contributed by atoms with Crippen LogP contribution in [0, 0.1) is 23.7 Å². The number of ether oxygens (including phenoxy) is 1. The molecule has 2 rings (SSSR count). The van der Waals surface area contributed by atoms with Gasteiger partial charge in [0.05, 0.1) is 6.61 Å². The molecule has 0 aromatic rings. The SMILES string of the molecule is CCCCCOC(=O)C1CCC([C@H]2CC[C@H](CCCCC)CC2)CC1=O. The number of Topliss-reactive ketones (excluding diaryl/α,β-unsaturated/α-hetero) is 1. The molecule has 26 heavy (non-hydrogen) atoms. The van der Waals surface area contributed by atoms with Gasteiger partial charge in [-0.15, -0.1) is 0 Å². The van der Waals surface area contributed by atoms with Crippen LogP contribution in [0.2, 0.25) is 0 Å². The Balaban J connectivity index is 1.68. The van der Waals surface area contributed by atoms with Crippen molar-refractivity contribution in [3.8, 4) is 0 Å². The van der Waals surface area contributed by atoms with E-state index in [4.69, 9.17) is 4.74 Å². The molecule has 2 atom stereocenters. The van der Waals surface area contributed by atoms with Crippen LogP contribution in [0.5, 0.6) is 0 Å². The number of hydrogen-bond acceptors (Lipinski definition) is 3. The van der Waals surface area contributed by atoms with Crippen molar-refractivity contribution in [1.29, 1.82) is 0 Å². The number of hydrogen-bond donors (Lipinski definition) is 0. The number of carbonyl (C=O) groups excluding carboxylic acids is 2. The van der Waals surface area contributed by atoms with Crippen LogP contribution in [-0.4, -0.2) is 18.4 Å². The van der Waals surface area contributed by atoms with E-state index in [-0.39, 0.29) is 11.8 Å². The van der Waals surface area contributed by atoms with Gasteiger partial charge in [0.15, 0.2) is 0 Å². The highest BCUT2D eigenvalue weighted by atomic mass is 16.5. The zero-order chi connectivity index (χ0) is 18.8. The fourth-order valence-electron chi connectivity index (χ4n) is 4.95. The summed E-state index contributed by atoms with van der Waals surface area (Å²) in [6, 6.07) is 0. The second kappa shape index (κ2) is 11.8. The Morgan fingerprint density at radius 2 is 1.54 bits per heavy atom. The lowest BCUT2D eigenvalue weighted by Gasteiger charge is -2.36. The fraction of sp³-hybridized carbons (Fsp3) is 0.913. The number of carbonyl (C=O) groups is 2. The minimum absolute atomic E-state index is 0.145. The lowest BCUT2D eigenvalue weighted by atomic mass is 9.68. The average molecular weight is 365 g/mol. The molecule has 0 aromatic heterocycles. The molecule has 0 aliphatic heterocycles. The van der Waals surface area contributed by atoms with E-state index in [9.17, 15) is 9.59 Å². The quantitative estimate of drug-likeness (QED) is 0.267. The summed E-state index contributed by atoms with van der Waals surface area (Å²) in [5, 5.41) is 0. The molecule has 3 nitrogen and oxygen atoms in total. The first-order chi connectivity index (χ1) is 12.7. The molecule has 2 fully saturated rings. The monoisotopic (exact) mass is 364 g/mol. The number of esters is 1. The van der Waals surface area contributed by atoms with E-state index in [1.807, 2.05) is 0 Å². The van der Waals surface area contributed by atoms with Gasteiger partial charge in [-0.2, -0.15) is 0 Å². The van der Waals surface area contributed by atoms with Crippen LogP contribution in [0.25, 0.3) is 0 Å². The lowest BCUT2D eigenvalue weighted by molar-refractivity contribution is -0.154. The summed E-state index contributed by atoms with van der Waals surface area (Å²) in [7, 11) is 0. The van der Waals surface area contributed by atoms with Crippen molar-refractivity contribution in [2.45, 2.75) is 104 Å². The Morgan fingerprint density at radius 3 is 2.19 bits per heavy atom. The zero-order valence-electron chi connectivity index (χ0n) is 17.1. The van der Waals surface area contributed by atoms with Crippen LogP contribution in [0.4, 0.5) is 0 Å². The molecule has 0 heterocycles. The minimum atomic E-state index is -0.474. The predicted octanol–water partition coefficient (Wildman–Crippen LogP) is 6.09. The van der Waals surface area contributed by atoms with Crippen molar-refractivity contribution in [2.75, 3.05) is 6.61 Å². The Kier molecular flexibility index (Phi) is 9.71. The topological polar surface area (TPSA) is 43.4 Å². The number of unbranched alkanes of at least 4 members (excludes halogenated alkanes) is 4. The maximum absolute atomic E-state index is 12.5. The molecule has 2 unspecified atom stereocenters. The van der Waals surface area contributed by atoms with Crippen molar-refractivity contribution in [3.63, 3.8) is 0 Å². The van der Waals surface area contributed by atoms with Gasteiger partial charge < -0.3 is 4.74 Å². The van der Waals surface area contributed by atoms with E-state index in [1.54, 1.807) is 0 Å². The normalized spacial score (nSPS) is 29.5. The summed E-state index contributed by atoms with van der Waals surface area (Å²) < 4.78 is 5.34. The molecule has 150 valence electrons. The third-order valence-electron chi connectivity index (χ3n) is 6.73. The number of ketones is 1. The third-order valence-corrected chi connectivity index (χ3v) is 6.73. The summed E-state index contributed by atoms with van der Waals surface area (Å²) in [4.78, 5) is 24.7. The van der Waals surface area contributed by atoms with Crippen molar-refractivity contribution in [1.82, 2.24) is 0 Å². The van der Waals surface area contributed by atoms with Gasteiger partial charge in [0.1, 0.15) is 11.7 Å². The minimum Gasteiger partial charge on any atom is -0.465 e. The van der Waals surface area contributed by atoms with Gasteiger partial charge in [-0.1, -0.05) is 65.2 Å². The first kappa shape index (κ1) is 21.4. The van der Waals surface area contributed by atoms with Gasteiger partial charge in [-0.3, -0.25) is 9.59 Å². The van der Waals surface area contributed by atoms with Gasteiger partial charge >= 0.3 is 5.97 Å². The standard InChI is InChI=1S/C23H40O3/c1-3-5-7-9-18-10-12-19(13-11-18)20-14-15-21(22(24)17-20)23(25)26-16-8-6-4-2/h18-21H,3-17H2,1-2H3/t18-,19-,20?,21?. The Labute approximate surface area is 160 Å². The van der Waals surface area contributed by atoms with E-state index < -0.39 is 5.92 Å². The Morgan fingerprint density at radius 1 is 0.885 bits per heavy atom. The zero-order valence-corrected chi connectivity index (χ0v) is 17.1. The summed E-state index contributed by atoms with van der Waals surface area (Å²) in [6.45, 7) is 4.87. The smallest absolute Gasteiger partial charge is 0.316 e. The molecule has 0 N–H and O–H groups in total. The van der Waals surface area contributed by atoms with E-state index in [2.05, 4.69) is 13.8 Å². The Bertz CT molecular complexity index is 423. The largest absolute Gasteiger partial charge is 0.465 e. The molecule has 3 heteroatoms. The van der Waals surface area contributed by atoms with Gasteiger partial charge in [0.25, 0.3) is 0 Å². The summed E-state index contributed by atoms with van der Waals surface area (Å²) in [5.74, 6) is 1.56. The fourth-order valence-corrected chi connectivity index (χ4v) is 4.95. The molecule has 0 bridgehead atoms. The lowest BCUT2D eigenvalue weighted by Crippen LogP contribution is -2.35. The highest BCUT2D eigenvalue weighted by Gasteiger charge is 2.38. The molecular weight excluding hydrogens is 324 g/mol. The Hall–Kier alpha value is -0.860. The second-order valence-electron chi connectivity index (χ2n) is 8.71. The molecule has 0 aromatic carbocycles. The summed E-state index contributed by atoms with van der Waals surface area (Å²) >= 11 is 0. The molecule has 0 saturated heterocycles. The van der Waals surface area contributed by atoms with Crippen LogP contribution in [0.3, 0.4) is 0 Å². The summed E-state index contributed by atoms with van der Waals surface area (Å²) in [5.41, 5.74) is 0. The second-order valence-corrected chi connectivity index (χ2v) is 8.71. The molecule has 2 saturated carbocycles. The molecule has 2 aliphatic rings. The van der Waals surface area contributed by atoms with Crippen molar-refractivity contribution in [2.24, 2.45) is 23.7 Å². The van der Waals surface area contributed by atoms with E-state index in [0.29, 0.717) is 31.3 Å². The van der Waals surface area contributed by atoms with E-state index >= 15 is 0 Å². The van der Waals surface area contributed by atoms with Gasteiger partial charge in [0, 0.05) is 6.42 Å². The van der Waals surface area contributed by atoms with Gasteiger partial charge in [-0.05, 0) is 49.9 Å². The van der Waals surface area contributed by atoms with E-state index in [0.717, 1.165) is 31.6 Å². The molecule has 0 amide bonds. The first-order valence-corrected chi connectivity index (χ1v) is 11.3. The van der Waals surface area contributed by atoms with Crippen LogP contribution < -0.4 is 0 Å². The first-order valence-electron chi connectivity index (χ1n) is 11.3. The molecule has 0 spiro atoms. The molecule has 2 aliphatic carbocycles. The van der Waals surface area contributed by atoms with Gasteiger partial charge in [-0.25, -0.2) is 0 Å². The third kappa shape index (κ3) is 6.70. The van der Waals surface area contributed by atoms with Crippen molar-refractivity contribution in [3.05, 3.63) is 0 Å². The molecular formula is C23H40O3. The number of rotatable bonds is 10. The highest BCUT2D eigenvalue weighted by molar-refractivity contribution is 5.99. The molecule has 0 radical (unpaired) electrons.